The van der Waals surface area contributed by atoms with Crippen molar-refractivity contribution in [3.63, 3.8) is 0 Å². The summed E-state index contributed by atoms with van der Waals surface area (Å²) < 4.78 is 0. The molecule has 0 atom stereocenters. The van der Waals surface area contributed by atoms with E-state index < -0.39 is 7.26 Å². The Hall–Kier alpha value is -1.91. The highest BCUT2D eigenvalue weighted by molar-refractivity contribution is 7.96. The molecular formula is C28H34P+. The second-order valence-corrected chi connectivity index (χ2v) is 12.2. The van der Waals surface area contributed by atoms with Gasteiger partial charge in [0.1, 0.15) is 23.2 Å². The quantitative estimate of drug-likeness (QED) is 0.418. The molecule has 0 radical (unpaired) electrons. The minimum Gasteiger partial charge on any atom is -0.0620 e. The molecule has 150 valence electrons. The van der Waals surface area contributed by atoms with Crippen LogP contribution in [-0.4, -0.2) is 5.66 Å². The first kappa shape index (κ1) is 20.4. The molecule has 1 saturated carbocycles. The summed E-state index contributed by atoms with van der Waals surface area (Å²) in [5.41, 5.74) is 0.729. The Bertz CT molecular complexity index is 735. The average molecular weight is 402 g/mol. The molecule has 3 aromatic rings. The molecule has 1 heteroatoms. The summed E-state index contributed by atoms with van der Waals surface area (Å²) in [6, 6.07) is 34.4. The molecule has 1 aliphatic carbocycles. The van der Waals surface area contributed by atoms with Gasteiger partial charge in [0, 0.05) is 0 Å². The second-order valence-electron chi connectivity index (χ2n) is 8.44. The van der Waals surface area contributed by atoms with Gasteiger partial charge in [-0.1, -0.05) is 86.7 Å². The molecule has 0 heterocycles. The van der Waals surface area contributed by atoms with E-state index in [1.54, 1.807) is 15.9 Å². The molecule has 0 nitrogen and oxygen atoms in total. The van der Waals surface area contributed by atoms with E-state index in [1.807, 2.05) is 0 Å². The molecule has 0 unspecified atom stereocenters. The highest BCUT2D eigenvalue weighted by atomic mass is 31.2. The fraction of sp³-hybridized carbons (Fsp3) is 0.357. The van der Waals surface area contributed by atoms with Crippen LogP contribution in [0, 0.1) is 0 Å². The van der Waals surface area contributed by atoms with Crippen LogP contribution in [0.3, 0.4) is 0 Å². The average Bonchev–Trinajstić information content (AvgIpc) is 2.81. The Morgan fingerprint density at radius 2 is 0.724 bits per heavy atom. The smallest absolute Gasteiger partial charge is 0.0620 e. The van der Waals surface area contributed by atoms with Gasteiger partial charge in [0.25, 0.3) is 0 Å². The first-order valence-corrected chi connectivity index (χ1v) is 13.3. The molecule has 0 aromatic heterocycles. The largest absolute Gasteiger partial charge is 0.115 e. The molecule has 0 amide bonds. The van der Waals surface area contributed by atoms with Crippen LogP contribution in [0.1, 0.15) is 57.8 Å². The lowest BCUT2D eigenvalue weighted by Crippen LogP contribution is -2.39. The zero-order valence-corrected chi connectivity index (χ0v) is 18.4. The van der Waals surface area contributed by atoms with Gasteiger partial charge in [0.2, 0.25) is 0 Å². The summed E-state index contributed by atoms with van der Waals surface area (Å²) in [7, 11) is -1.71. The monoisotopic (exact) mass is 401 g/mol. The Labute approximate surface area is 177 Å². The standard InChI is InChI=1S/C28H34P/c1-2-4-9-17-25(18-10-5-3-1)29(26-19-11-6-12-20-26,27-21-13-7-14-22-27)28-23-15-8-16-24-28/h6-8,11-16,19-25H,1-5,9-10,17-18H2/q+1. The Morgan fingerprint density at radius 1 is 0.414 bits per heavy atom. The summed E-state index contributed by atoms with van der Waals surface area (Å²) in [5, 5.41) is 4.67. The second kappa shape index (κ2) is 10.2. The maximum Gasteiger partial charge on any atom is 0.115 e. The zero-order chi connectivity index (χ0) is 19.8. The highest BCUT2D eigenvalue weighted by Crippen LogP contribution is 2.62. The molecule has 0 N–H and O–H groups in total. The van der Waals surface area contributed by atoms with Crippen molar-refractivity contribution in [2.75, 3.05) is 0 Å². The van der Waals surface area contributed by atoms with E-state index in [9.17, 15) is 0 Å². The van der Waals surface area contributed by atoms with Crippen molar-refractivity contribution in [2.45, 2.75) is 63.4 Å². The molecular weight excluding hydrogens is 367 g/mol. The molecule has 3 aromatic carbocycles. The normalized spacial score (nSPS) is 17.0. The van der Waals surface area contributed by atoms with Crippen molar-refractivity contribution in [3.05, 3.63) is 91.0 Å². The first-order valence-electron chi connectivity index (χ1n) is 11.5. The van der Waals surface area contributed by atoms with Crippen molar-refractivity contribution >= 4 is 23.2 Å². The van der Waals surface area contributed by atoms with Crippen LogP contribution in [0.15, 0.2) is 91.0 Å². The van der Waals surface area contributed by atoms with Gasteiger partial charge in [0.15, 0.2) is 0 Å². The summed E-state index contributed by atoms with van der Waals surface area (Å²) in [5.74, 6) is 0. The van der Waals surface area contributed by atoms with E-state index in [0.717, 1.165) is 5.66 Å². The van der Waals surface area contributed by atoms with Gasteiger partial charge in [-0.25, -0.2) is 0 Å². The van der Waals surface area contributed by atoms with Crippen LogP contribution in [-0.2, 0) is 0 Å². The maximum absolute atomic E-state index is 2.41. The van der Waals surface area contributed by atoms with Gasteiger partial charge < -0.3 is 0 Å². The Balaban J connectivity index is 1.91. The van der Waals surface area contributed by atoms with E-state index in [4.69, 9.17) is 0 Å². The van der Waals surface area contributed by atoms with Gasteiger partial charge in [-0.3, -0.25) is 0 Å². The Morgan fingerprint density at radius 3 is 1.07 bits per heavy atom. The molecule has 1 aliphatic rings. The van der Waals surface area contributed by atoms with Crippen LogP contribution < -0.4 is 15.9 Å². The van der Waals surface area contributed by atoms with Crippen molar-refractivity contribution in [2.24, 2.45) is 0 Å². The van der Waals surface area contributed by atoms with Crippen LogP contribution in [0.2, 0.25) is 0 Å². The molecule has 0 bridgehead atoms. The van der Waals surface area contributed by atoms with Crippen molar-refractivity contribution < 1.29 is 0 Å². The lowest BCUT2D eigenvalue weighted by molar-refractivity contribution is 0.508. The lowest BCUT2D eigenvalue weighted by atomic mass is 10.0. The van der Waals surface area contributed by atoms with Gasteiger partial charge in [-0.15, -0.1) is 0 Å². The van der Waals surface area contributed by atoms with E-state index in [0.29, 0.717) is 0 Å². The van der Waals surface area contributed by atoms with Crippen molar-refractivity contribution in [1.82, 2.24) is 0 Å². The minimum absolute atomic E-state index is 0.729. The fourth-order valence-electron chi connectivity index (χ4n) is 5.24. The van der Waals surface area contributed by atoms with Crippen molar-refractivity contribution in [3.8, 4) is 0 Å². The third-order valence-electron chi connectivity index (χ3n) is 6.61. The molecule has 29 heavy (non-hydrogen) atoms. The van der Waals surface area contributed by atoms with Crippen LogP contribution in [0.5, 0.6) is 0 Å². The van der Waals surface area contributed by atoms with E-state index in [-0.39, 0.29) is 0 Å². The number of rotatable bonds is 4. The van der Waals surface area contributed by atoms with Gasteiger partial charge in [0.05, 0.1) is 5.66 Å². The molecule has 0 saturated heterocycles. The maximum atomic E-state index is 2.41. The molecule has 0 spiro atoms. The van der Waals surface area contributed by atoms with Gasteiger partial charge in [-0.2, -0.15) is 0 Å². The predicted molar refractivity (Wildman–Crippen MR) is 130 cm³/mol. The third kappa shape index (κ3) is 4.49. The van der Waals surface area contributed by atoms with E-state index in [1.165, 1.54) is 57.8 Å². The summed E-state index contributed by atoms with van der Waals surface area (Å²) in [6.45, 7) is 0. The fourth-order valence-corrected chi connectivity index (χ4v) is 10.5. The highest BCUT2D eigenvalue weighted by Gasteiger charge is 2.51. The third-order valence-corrected chi connectivity index (χ3v) is 11.6. The lowest BCUT2D eigenvalue weighted by Gasteiger charge is -2.35. The number of benzene rings is 3. The minimum atomic E-state index is -1.71. The molecule has 0 aliphatic heterocycles. The summed E-state index contributed by atoms with van der Waals surface area (Å²) in [4.78, 5) is 0. The SMILES string of the molecule is c1ccc([P+](c2ccccc2)(c2ccccc2)C2CCCCCCCCC2)cc1. The number of hydrogen-bond donors (Lipinski definition) is 0. The molecule has 4 rings (SSSR count). The summed E-state index contributed by atoms with van der Waals surface area (Å²) >= 11 is 0. The Kier molecular flexibility index (Phi) is 7.18. The van der Waals surface area contributed by atoms with Crippen LogP contribution >= 0.6 is 7.26 Å². The van der Waals surface area contributed by atoms with Crippen molar-refractivity contribution in [1.29, 1.82) is 0 Å². The van der Waals surface area contributed by atoms with Crippen LogP contribution in [0.4, 0.5) is 0 Å². The zero-order valence-electron chi connectivity index (χ0n) is 17.5. The van der Waals surface area contributed by atoms with Crippen LogP contribution in [0.25, 0.3) is 0 Å². The first-order chi connectivity index (χ1) is 14.4. The van der Waals surface area contributed by atoms with E-state index in [2.05, 4.69) is 91.0 Å². The van der Waals surface area contributed by atoms with Gasteiger partial charge >= 0.3 is 0 Å². The predicted octanol–water partition coefficient (Wildman–Crippen LogP) is 6.87. The summed E-state index contributed by atoms with van der Waals surface area (Å²) in [6.07, 6.45) is 12.5. The van der Waals surface area contributed by atoms with E-state index >= 15 is 0 Å². The molecule has 1 fully saturated rings. The van der Waals surface area contributed by atoms with Gasteiger partial charge in [-0.05, 0) is 62.1 Å². The topological polar surface area (TPSA) is 0 Å². The number of hydrogen-bond acceptors (Lipinski definition) is 0.